The van der Waals surface area contributed by atoms with Gasteiger partial charge in [0.15, 0.2) is 0 Å². The Kier molecular flexibility index (Phi) is 9.27. The fourth-order valence-electron chi connectivity index (χ4n) is 4.61. The highest BCUT2D eigenvalue weighted by Gasteiger charge is 2.27. The molecule has 37 heavy (non-hydrogen) atoms. The lowest BCUT2D eigenvalue weighted by molar-refractivity contribution is 0.0695. The molecule has 0 aliphatic carbocycles. The summed E-state index contributed by atoms with van der Waals surface area (Å²) < 4.78 is 1.66. The normalized spacial score (nSPS) is 15.6. The summed E-state index contributed by atoms with van der Waals surface area (Å²) in [6, 6.07) is 10.0. The Morgan fingerprint density at radius 2 is 1.95 bits per heavy atom. The number of phenols is 1. The van der Waals surface area contributed by atoms with Gasteiger partial charge in [0.25, 0.3) is 0 Å². The highest BCUT2D eigenvalue weighted by molar-refractivity contribution is 6.34. The van der Waals surface area contributed by atoms with Gasteiger partial charge in [0.2, 0.25) is 5.43 Å². The molecule has 0 saturated carbocycles. The number of aromatic nitrogens is 1. The van der Waals surface area contributed by atoms with Gasteiger partial charge in [-0.25, -0.2) is 4.79 Å². The zero-order valence-electron chi connectivity index (χ0n) is 20.8. The number of phenolic OH excluding ortho intramolecular Hbond substituents is 1. The minimum atomic E-state index is -1.31. The Labute approximate surface area is 220 Å². The van der Waals surface area contributed by atoms with Gasteiger partial charge in [-0.1, -0.05) is 23.3 Å². The summed E-state index contributed by atoms with van der Waals surface area (Å²) in [7, 11) is 1.00. The van der Waals surface area contributed by atoms with E-state index in [1.54, 1.807) is 29.0 Å². The number of nitrogens with zero attached hydrogens (tertiary/aromatic N) is 3. The second-order valence-corrected chi connectivity index (χ2v) is 9.02. The van der Waals surface area contributed by atoms with Gasteiger partial charge in [0.05, 0.1) is 16.2 Å². The number of pyridine rings is 1. The van der Waals surface area contributed by atoms with Crippen molar-refractivity contribution in [3.63, 3.8) is 0 Å². The van der Waals surface area contributed by atoms with Crippen LogP contribution in [-0.2, 0) is 0 Å². The maximum Gasteiger partial charge on any atom is 0.341 e. The number of aliphatic imine (C=N–C) groups is 1. The lowest BCUT2D eigenvalue weighted by atomic mass is 10.0. The average molecular weight is 524 g/mol. The van der Waals surface area contributed by atoms with Gasteiger partial charge in [0.1, 0.15) is 11.3 Å². The van der Waals surface area contributed by atoms with Gasteiger partial charge in [-0.05, 0) is 75.4 Å². The van der Waals surface area contributed by atoms with Crippen molar-refractivity contribution in [2.24, 2.45) is 4.99 Å². The monoisotopic (exact) mass is 523 g/mol. The van der Waals surface area contributed by atoms with Crippen LogP contribution in [0.2, 0.25) is 5.02 Å². The number of aliphatic hydroxyl groups is 1. The number of allylic oxidation sites excluding steroid dienone is 2. The summed E-state index contributed by atoms with van der Waals surface area (Å²) in [5.74, 6) is -1.23. The zero-order valence-corrected chi connectivity index (χ0v) is 21.5. The lowest BCUT2D eigenvalue weighted by Crippen LogP contribution is -2.30. The maximum atomic E-state index is 13.0. The molecule has 0 amide bonds. The summed E-state index contributed by atoms with van der Waals surface area (Å²) in [6.45, 7) is 6.34. The zero-order chi connectivity index (χ0) is 27.1. The van der Waals surface area contributed by atoms with E-state index in [0.717, 1.165) is 38.6 Å². The van der Waals surface area contributed by atoms with Crippen LogP contribution < -0.4 is 10.3 Å². The van der Waals surface area contributed by atoms with E-state index in [9.17, 15) is 19.8 Å². The van der Waals surface area contributed by atoms with Crippen LogP contribution in [0.15, 0.2) is 76.3 Å². The maximum absolute atomic E-state index is 13.0. The van der Waals surface area contributed by atoms with Gasteiger partial charge in [-0.3, -0.25) is 9.79 Å². The van der Waals surface area contributed by atoms with Crippen molar-refractivity contribution in [3.8, 4) is 11.4 Å². The third-order valence-electron chi connectivity index (χ3n) is 6.25. The third kappa shape index (κ3) is 6.10. The van der Waals surface area contributed by atoms with Crippen LogP contribution in [0, 0.1) is 0 Å². The van der Waals surface area contributed by atoms with E-state index in [0.29, 0.717) is 16.2 Å². The van der Waals surface area contributed by atoms with Gasteiger partial charge >= 0.3 is 5.97 Å². The minimum Gasteiger partial charge on any atom is -0.508 e. The molecule has 1 aliphatic heterocycles. The largest absolute Gasteiger partial charge is 0.508 e. The molecule has 2 aromatic carbocycles. The molecule has 1 unspecified atom stereocenters. The molecule has 1 aromatic heterocycles. The molecule has 4 rings (SSSR count). The number of carboxylic acids is 1. The molecule has 1 saturated heterocycles. The summed E-state index contributed by atoms with van der Waals surface area (Å²) in [4.78, 5) is 30.8. The van der Waals surface area contributed by atoms with Crippen molar-refractivity contribution in [2.45, 2.75) is 32.2 Å². The van der Waals surface area contributed by atoms with Crippen molar-refractivity contribution < 1.29 is 20.1 Å². The number of hydrogen-bond acceptors (Lipinski definition) is 6. The van der Waals surface area contributed by atoms with Gasteiger partial charge in [-0.15, -0.1) is 0 Å². The van der Waals surface area contributed by atoms with Crippen LogP contribution in [0.4, 0.5) is 5.69 Å². The quantitative estimate of drug-likeness (QED) is 0.290. The summed E-state index contributed by atoms with van der Waals surface area (Å²) in [6.07, 6.45) is 9.71. The van der Waals surface area contributed by atoms with Gasteiger partial charge in [0, 0.05) is 43.2 Å². The highest BCUT2D eigenvalue weighted by atomic mass is 35.5. The molecule has 9 heteroatoms. The number of hydrogen-bond donors (Lipinski definition) is 3. The number of anilines is 1. The number of rotatable bonds is 7. The lowest BCUT2D eigenvalue weighted by Gasteiger charge is -2.29. The average Bonchev–Trinajstić information content (AvgIpc) is 3.33. The number of aromatic carboxylic acids is 1. The number of aliphatic hydroxyl groups excluding tert-OH is 1. The number of carboxylic acid groups (broad SMARTS) is 1. The number of carbonyl (C=O) groups is 1. The molecule has 8 nitrogen and oxygen atoms in total. The fourth-order valence-corrected chi connectivity index (χ4v) is 4.88. The van der Waals surface area contributed by atoms with E-state index < -0.39 is 11.4 Å². The molecule has 0 bridgehead atoms. The van der Waals surface area contributed by atoms with Crippen LogP contribution in [0.25, 0.3) is 16.6 Å². The molecule has 3 aromatic rings. The highest BCUT2D eigenvalue weighted by Crippen LogP contribution is 2.37. The van der Waals surface area contributed by atoms with Crippen molar-refractivity contribution in [1.29, 1.82) is 0 Å². The molecule has 3 N–H and O–H groups in total. The van der Waals surface area contributed by atoms with E-state index >= 15 is 0 Å². The summed E-state index contributed by atoms with van der Waals surface area (Å²) in [5.41, 5.74) is 2.22. The molecule has 0 radical (unpaired) electrons. The molecule has 1 fully saturated rings. The molecule has 1 aliphatic rings. The van der Waals surface area contributed by atoms with E-state index in [2.05, 4.69) is 23.5 Å². The van der Waals surface area contributed by atoms with Gasteiger partial charge in [-0.2, -0.15) is 0 Å². The smallest absolute Gasteiger partial charge is 0.341 e. The molecule has 2 heterocycles. The van der Waals surface area contributed by atoms with Crippen LogP contribution >= 0.6 is 11.6 Å². The molecule has 0 spiro atoms. The number of fused-ring (bicyclic) bond motifs is 1. The second-order valence-electron chi connectivity index (χ2n) is 8.61. The third-order valence-corrected chi connectivity index (χ3v) is 6.55. The fraction of sp³-hybridized carbons (Fsp3) is 0.250. The second kappa shape index (κ2) is 12.4. The Bertz CT molecular complexity index is 1410. The first-order valence-electron chi connectivity index (χ1n) is 11.7. The van der Waals surface area contributed by atoms with Crippen molar-refractivity contribution in [2.75, 3.05) is 18.6 Å². The number of benzene rings is 2. The molecular weight excluding hydrogens is 494 g/mol. The van der Waals surface area contributed by atoms with Crippen LogP contribution in [-0.4, -0.2) is 52.3 Å². The van der Waals surface area contributed by atoms with Crippen molar-refractivity contribution in [3.05, 3.63) is 87.3 Å². The van der Waals surface area contributed by atoms with Crippen LogP contribution in [0.5, 0.6) is 5.75 Å². The predicted octanol–water partition coefficient (Wildman–Crippen LogP) is 5.18. The van der Waals surface area contributed by atoms with E-state index in [1.807, 2.05) is 18.2 Å². The molecule has 194 valence electrons. The van der Waals surface area contributed by atoms with Gasteiger partial charge < -0.3 is 24.8 Å². The Hall–Kier alpha value is -3.88. The Morgan fingerprint density at radius 3 is 2.59 bits per heavy atom. The van der Waals surface area contributed by atoms with Crippen LogP contribution in [0.1, 0.15) is 36.5 Å². The minimum absolute atomic E-state index is 0.0864. The first-order chi connectivity index (χ1) is 17.8. The molecule has 1 atom stereocenters. The van der Waals surface area contributed by atoms with E-state index in [4.69, 9.17) is 16.7 Å². The van der Waals surface area contributed by atoms with Crippen LogP contribution in [0.3, 0.4) is 0 Å². The summed E-state index contributed by atoms with van der Waals surface area (Å²) in [5, 5.41) is 26.9. The first-order valence-corrected chi connectivity index (χ1v) is 12.1. The predicted molar refractivity (Wildman–Crippen MR) is 149 cm³/mol. The topological polar surface area (TPSA) is 115 Å². The number of aromatic hydroxyl groups is 1. The SMILES string of the molecule is C=N/C=C\C=C(\C)CC1CCCN1c1cc2c(cc1Cl)c(=O)c(C(=O)O)cn2-c1ccc(O)cc1.CO. The van der Waals surface area contributed by atoms with Crippen molar-refractivity contribution >= 4 is 40.9 Å². The summed E-state index contributed by atoms with van der Waals surface area (Å²) >= 11 is 6.70. The Morgan fingerprint density at radius 1 is 1.24 bits per heavy atom. The van der Waals surface area contributed by atoms with Crippen molar-refractivity contribution in [1.82, 2.24) is 4.57 Å². The van der Waals surface area contributed by atoms with E-state index in [1.165, 1.54) is 23.9 Å². The molecular formula is C28H30ClN3O5. The number of halogens is 1. The standard InChI is InChI=1S/C27H26ClN3O4.CH4O/c1-17(5-3-11-29-2)13-19-6-4-12-30(19)25-15-24-21(14-23(25)28)26(33)22(27(34)35)16-31(24)18-7-9-20(32)10-8-18;1-2/h3,5,7-11,14-16,19,32H,2,4,6,12-13H2,1H3,(H,34,35);2H,1H3/b11-3-,17-5-;. The van der Waals surface area contributed by atoms with E-state index in [-0.39, 0.29) is 22.7 Å². The first kappa shape index (κ1) is 27.7. The Balaban J connectivity index is 0.00000186.